The standard InChI is InChI=1S/C13H25NO3/c1-9(2)7-10(3)14(4)8-11-5-6-12(17-11)13(15)16/h9-12H,5-8H2,1-4H3,(H,15,16). The Hall–Kier alpha value is -0.610. The summed E-state index contributed by atoms with van der Waals surface area (Å²) in [6.45, 7) is 7.48. The molecule has 1 saturated heterocycles. The lowest BCUT2D eigenvalue weighted by Crippen LogP contribution is -2.37. The highest BCUT2D eigenvalue weighted by atomic mass is 16.5. The van der Waals surface area contributed by atoms with Gasteiger partial charge in [-0.25, -0.2) is 4.79 Å². The third kappa shape index (κ3) is 4.64. The van der Waals surface area contributed by atoms with Gasteiger partial charge in [-0.15, -0.1) is 0 Å². The van der Waals surface area contributed by atoms with Crippen LogP contribution in [0.1, 0.15) is 40.0 Å². The zero-order valence-electron chi connectivity index (χ0n) is 11.3. The van der Waals surface area contributed by atoms with E-state index in [-0.39, 0.29) is 6.10 Å². The molecule has 0 aromatic carbocycles. The molecule has 3 atom stereocenters. The van der Waals surface area contributed by atoms with E-state index < -0.39 is 12.1 Å². The average molecular weight is 243 g/mol. The quantitative estimate of drug-likeness (QED) is 0.775. The summed E-state index contributed by atoms with van der Waals surface area (Å²) in [6.07, 6.45) is 2.15. The van der Waals surface area contributed by atoms with E-state index in [4.69, 9.17) is 9.84 Å². The Morgan fingerprint density at radius 1 is 1.41 bits per heavy atom. The van der Waals surface area contributed by atoms with Gasteiger partial charge in [0.25, 0.3) is 0 Å². The maximum absolute atomic E-state index is 10.8. The first-order chi connectivity index (χ1) is 7.90. The van der Waals surface area contributed by atoms with Crippen molar-refractivity contribution in [3.63, 3.8) is 0 Å². The summed E-state index contributed by atoms with van der Waals surface area (Å²) in [5, 5.41) is 8.85. The molecule has 3 unspecified atom stereocenters. The van der Waals surface area contributed by atoms with Crippen LogP contribution < -0.4 is 0 Å². The Kier molecular flexibility index (Phi) is 5.40. The van der Waals surface area contributed by atoms with Gasteiger partial charge in [0.05, 0.1) is 6.10 Å². The highest BCUT2D eigenvalue weighted by molar-refractivity contribution is 5.72. The summed E-state index contributed by atoms with van der Waals surface area (Å²) < 4.78 is 5.51. The number of carboxylic acids is 1. The van der Waals surface area contributed by atoms with E-state index >= 15 is 0 Å². The molecule has 0 spiro atoms. The van der Waals surface area contributed by atoms with Gasteiger partial charge >= 0.3 is 5.97 Å². The van der Waals surface area contributed by atoms with Crippen LogP contribution in [0.5, 0.6) is 0 Å². The molecule has 0 aromatic heterocycles. The van der Waals surface area contributed by atoms with Crippen LogP contribution in [-0.2, 0) is 9.53 Å². The molecule has 100 valence electrons. The lowest BCUT2D eigenvalue weighted by atomic mass is 10.0. The zero-order valence-corrected chi connectivity index (χ0v) is 11.3. The maximum atomic E-state index is 10.8. The van der Waals surface area contributed by atoms with E-state index in [0.29, 0.717) is 18.4 Å². The molecule has 4 nitrogen and oxygen atoms in total. The second-order valence-corrected chi connectivity index (χ2v) is 5.58. The number of rotatable bonds is 6. The van der Waals surface area contributed by atoms with E-state index in [1.807, 2.05) is 0 Å². The SMILES string of the molecule is CC(C)CC(C)N(C)CC1CCC(C(=O)O)O1. The van der Waals surface area contributed by atoms with E-state index in [0.717, 1.165) is 19.4 Å². The van der Waals surface area contributed by atoms with Crippen molar-refractivity contribution in [2.45, 2.75) is 58.3 Å². The number of ether oxygens (including phenoxy) is 1. The van der Waals surface area contributed by atoms with Gasteiger partial charge in [0.1, 0.15) is 0 Å². The van der Waals surface area contributed by atoms with E-state index in [2.05, 4.69) is 32.7 Å². The van der Waals surface area contributed by atoms with E-state index in [1.54, 1.807) is 0 Å². The van der Waals surface area contributed by atoms with Gasteiger partial charge in [0.15, 0.2) is 6.10 Å². The molecule has 0 amide bonds. The molecular weight excluding hydrogens is 218 g/mol. The van der Waals surface area contributed by atoms with E-state index in [1.165, 1.54) is 0 Å². The molecule has 1 aliphatic rings. The first-order valence-electron chi connectivity index (χ1n) is 6.48. The highest BCUT2D eigenvalue weighted by Crippen LogP contribution is 2.21. The topological polar surface area (TPSA) is 49.8 Å². The second kappa shape index (κ2) is 6.36. The van der Waals surface area contributed by atoms with Crippen LogP contribution >= 0.6 is 0 Å². The molecule has 1 rings (SSSR count). The van der Waals surface area contributed by atoms with Gasteiger partial charge < -0.3 is 14.7 Å². The molecule has 0 saturated carbocycles. The summed E-state index contributed by atoms with van der Waals surface area (Å²) in [5.41, 5.74) is 0. The van der Waals surface area contributed by atoms with Crippen molar-refractivity contribution in [2.75, 3.05) is 13.6 Å². The Bertz CT molecular complexity index is 255. The van der Waals surface area contributed by atoms with Crippen molar-refractivity contribution in [1.29, 1.82) is 0 Å². The fourth-order valence-corrected chi connectivity index (χ4v) is 2.38. The zero-order chi connectivity index (χ0) is 13.0. The van der Waals surface area contributed by atoms with Gasteiger partial charge in [0, 0.05) is 12.6 Å². The first-order valence-corrected chi connectivity index (χ1v) is 6.48. The average Bonchev–Trinajstić information content (AvgIpc) is 2.65. The van der Waals surface area contributed by atoms with Crippen molar-refractivity contribution < 1.29 is 14.6 Å². The van der Waals surface area contributed by atoms with Crippen LogP contribution in [0.4, 0.5) is 0 Å². The number of hydrogen-bond acceptors (Lipinski definition) is 3. The molecule has 0 aliphatic carbocycles. The molecule has 1 aliphatic heterocycles. The Morgan fingerprint density at radius 3 is 2.53 bits per heavy atom. The third-order valence-electron chi connectivity index (χ3n) is 3.44. The maximum Gasteiger partial charge on any atom is 0.332 e. The van der Waals surface area contributed by atoms with Gasteiger partial charge in [-0.1, -0.05) is 13.8 Å². The molecule has 0 bridgehead atoms. The fraction of sp³-hybridized carbons (Fsp3) is 0.923. The van der Waals surface area contributed by atoms with Crippen LogP contribution in [0.15, 0.2) is 0 Å². The van der Waals surface area contributed by atoms with Crippen molar-refractivity contribution in [1.82, 2.24) is 4.90 Å². The predicted octanol–water partition coefficient (Wildman–Crippen LogP) is 1.98. The van der Waals surface area contributed by atoms with Crippen LogP contribution in [0, 0.1) is 5.92 Å². The molecule has 0 aromatic rings. The van der Waals surface area contributed by atoms with Crippen LogP contribution in [-0.4, -0.2) is 47.8 Å². The minimum Gasteiger partial charge on any atom is -0.479 e. The summed E-state index contributed by atoms with van der Waals surface area (Å²) in [6, 6.07) is 0.516. The molecule has 4 heteroatoms. The van der Waals surface area contributed by atoms with Gasteiger partial charge in [-0.05, 0) is 39.2 Å². The summed E-state index contributed by atoms with van der Waals surface area (Å²) in [4.78, 5) is 13.0. The van der Waals surface area contributed by atoms with Crippen molar-refractivity contribution in [2.24, 2.45) is 5.92 Å². The molecule has 1 heterocycles. The predicted molar refractivity (Wildman–Crippen MR) is 67.1 cm³/mol. The third-order valence-corrected chi connectivity index (χ3v) is 3.44. The Balaban J connectivity index is 2.32. The smallest absolute Gasteiger partial charge is 0.332 e. The molecule has 0 radical (unpaired) electrons. The second-order valence-electron chi connectivity index (χ2n) is 5.58. The van der Waals surface area contributed by atoms with Crippen molar-refractivity contribution in [3.05, 3.63) is 0 Å². The highest BCUT2D eigenvalue weighted by Gasteiger charge is 2.31. The van der Waals surface area contributed by atoms with Gasteiger partial charge in [-0.3, -0.25) is 0 Å². The van der Waals surface area contributed by atoms with Crippen LogP contribution in [0.2, 0.25) is 0 Å². The monoisotopic (exact) mass is 243 g/mol. The molecule has 17 heavy (non-hydrogen) atoms. The minimum atomic E-state index is -0.828. The number of likely N-dealkylation sites (N-methyl/N-ethyl adjacent to an activating group) is 1. The molecular formula is C13H25NO3. The number of aliphatic carboxylic acids is 1. The number of carboxylic acid groups (broad SMARTS) is 1. The number of hydrogen-bond donors (Lipinski definition) is 1. The minimum absolute atomic E-state index is 0.0794. The summed E-state index contributed by atoms with van der Waals surface area (Å²) in [7, 11) is 2.09. The number of nitrogens with zero attached hydrogens (tertiary/aromatic N) is 1. The van der Waals surface area contributed by atoms with Crippen LogP contribution in [0.3, 0.4) is 0 Å². The lowest BCUT2D eigenvalue weighted by molar-refractivity contribution is -0.149. The molecule has 1 fully saturated rings. The first kappa shape index (κ1) is 14.5. The normalized spacial score (nSPS) is 26.7. The summed E-state index contributed by atoms with van der Waals surface area (Å²) >= 11 is 0. The number of carbonyl (C=O) groups is 1. The largest absolute Gasteiger partial charge is 0.479 e. The molecule has 1 N–H and O–H groups in total. The summed E-state index contributed by atoms with van der Waals surface area (Å²) in [5.74, 6) is -0.144. The Labute approximate surface area is 104 Å². The fourth-order valence-electron chi connectivity index (χ4n) is 2.38. The lowest BCUT2D eigenvalue weighted by Gasteiger charge is -2.28. The van der Waals surface area contributed by atoms with Gasteiger partial charge in [0.2, 0.25) is 0 Å². The van der Waals surface area contributed by atoms with Crippen molar-refractivity contribution >= 4 is 5.97 Å². The van der Waals surface area contributed by atoms with Crippen molar-refractivity contribution in [3.8, 4) is 0 Å². The Morgan fingerprint density at radius 2 is 2.06 bits per heavy atom. The van der Waals surface area contributed by atoms with E-state index in [9.17, 15) is 4.79 Å². The van der Waals surface area contributed by atoms with Gasteiger partial charge in [-0.2, -0.15) is 0 Å². The van der Waals surface area contributed by atoms with Crippen LogP contribution in [0.25, 0.3) is 0 Å².